The van der Waals surface area contributed by atoms with Crippen LogP contribution in [0.1, 0.15) is 53.1 Å². The van der Waals surface area contributed by atoms with Gasteiger partial charge in [0.2, 0.25) is 11.8 Å². The molecular formula is C22H24N2O4S. The molecule has 7 heteroatoms. The molecule has 29 heavy (non-hydrogen) atoms. The lowest BCUT2D eigenvalue weighted by Gasteiger charge is -2.20. The van der Waals surface area contributed by atoms with Crippen molar-refractivity contribution in [3.05, 3.63) is 52.4 Å². The molecule has 0 bridgehead atoms. The molecule has 2 aliphatic rings. The molecule has 152 valence electrons. The SMILES string of the molecule is COC(=O)c1ccsc1N1CCC(NC(=O)C2CCCCc3ccccc32)C1=O. The maximum atomic E-state index is 13.1. The molecule has 1 aliphatic heterocycles. The minimum absolute atomic E-state index is 0.0843. The van der Waals surface area contributed by atoms with Crippen LogP contribution in [-0.4, -0.2) is 37.5 Å². The molecule has 0 radical (unpaired) electrons. The van der Waals surface area contributed by atoms with Crippen LogP contribution in [-0.2, 0) is 20.7 Å². The van der Waals surface area contributed by atoms with Crippen LogP contribution in [0.3, 0.4) is 0 Å². The van der Waals surface area contributed by atoms with Crippen molar-refractivity contribution in [2.45, 2.75) is 44.1 Å². The van der Waals surface area contributed by atoms with Crippen LogP contribution >= 0.6 is 11.3 Å². The molecule has 6 nitrogen and oxygen atoms in total. The summed E-state index contributed by atoms with van der Waals surface area (Å²) in [6.07, 6.45) is 4.38. The highest BCUT2D eigenvalue weighted by atomic mass is 32.1. The maximum Gasteiger partial charge on any atom is 0.340 e. The van der Waals surface area contributed by atoms with Crippen molar-refractivity contribution in [1.82, 2.24) is 5.32 Å². The summed E-state index contributed by atoms with van der Waals surface area (Å²) in [5.74, 6) is -0.939. The maximum absolute atomic E-state index is 13.1. The van der Waals surface area contributed by atoms with Crippen LogP contribution in [0.25, 0.3) is 0 Å². The molecule has 1 aromatic carbocycles. The molecule has 2 heterocycles. The van der Waals surface area contributed by atoms with Crippen molar-refractivity contribution in [2.24, 2.45) is 0 Å². The second-order valence-corrected chi connectivity index (χ2v) is 8.36. The predicted octanol–water partition coefficient (Wildman–Crippen LogP) is 3.27. The van der Waals surface area contributed by atoms with Gasteiger partial charge in [-0.25, -0.2) is 4.79 Å². The Morgan fingerprint density at radius 2 is 2.00 bits per heavy atom. The molecule has 1 saturated heterocycles. The number of nitrogens with zero attached hydrogens (tertiary/aromatic N) is 1. The Kier molecular flexibility index (Phi) is 5.67. The Morgan fingerprint density at radius 1 is 1.17 bits per heavy atom. The van der Waals surface area contributed by atoms with Gasteiger partial charge >= 0.3 is 5.97 Å². The molecular weight excluding hydrogens is 388 g/mol. The third kappa shape index (κ3) is 3.79. The van der Waals surface area contributed by atoms with Gasteiger partial charge in [0.15, 0.2) is 0 Å². The number of carbonyl (C=O) groups excluding carboxylic acids is 3. The van der Waals surface area contributed by atoms with E-state index < -0.39 is 12.0 Å². The first kappa shape index (κ1) is 19.6. The second-order valence-electron chi connectivity index (χ2n) is 7.47. The Hall–Kier alpha value is -2.67. The van der Waals surface area contributed by atoms with Gasteiger partial charge in [-0.2, -0.15) is 0 Å². The number of esters is 1. The van der Waals surface area contributed by atoms with Crippen LogP contribution in [0.2, 0.25) is 0 Å². The quantitative estimate of drug-likeness (QED) is 0.618. The molecule has 0 saturated carbocycles. The molecule has 2 amide bonds. The van der Waals surface area contributed by atoms with Gasteiger partial charge in [-0.1, -0.05) is 30.7 Å². The summed E-state index contributed by atoms with van der Waals surface area (Å²) < 4.78 is 4.81. The molecule has 1 aromatic heterocycles. The van der Waals surface area contributed by atoms with Gasteiger partial charge in [0, 0.05) is 6.54 Å². The van der Waals surface area contributed by atoms with Crippen molar-refractivity contribution in [1.29, 1.82) is 0 Å². The van der Waals surface area contributed by atoms with Crippen LogP contribution in [0.15, 0.2) is 35.7 Å². The minimum atomic E-state index is -0.564. The number of fused-ring (bicyclic) bond motifs is 1. The van der Waals surface area contributed by atoms with Gasteiger partial charge in [-0.05, 0) is 48.3 Å². The average Bonchev–Trinajstić information content (AvgIpc) is 3.28. The molecule has 1 fully saturated rings. The van der Waals surface area contributed by atoms with E-state index in [1.807, 2.05) is 18.2 Å². The van der Waals surface area contributed by atoms with E-state index in [9.17, 15) is 14.4 Å². The molecule has 1 N–H and O–H groups in total. The standard InChI is InChI=1S/C22H24N2O4S/c1-28-22(27)17-11-13-29-21(17)24-12-10-18(20(24)26)23-19(25)16-9-5-3-7-14-6-2-4-8-15(14)16/h2,4,6,8,11,13,16,18H,3,5,7,9-10,12H2,1H3,(H,23,25). The van der Waals surface area contributed by atoms with Crippen molar-refractivity contribution in [3.63, 3.8) is 0 Å². The third-order valence-corrected chi connectivity index (χ3v) is 6.69. The number of nitrogens with one attached hydrogen (secondary N) is 1. The fourth-order valence-electron chi connectivity index (χ4n) is 4.26. The summed E-state index contributed by atoms with van der Waals surface area (Å²) in [6.45, 7) is 0.468. The monoisotopic (exact) mass is 412 g/mol. The number of hydrogen-bond acceptors (Lipinski definition) is 5. The number of ether oxygens (including phenoxy) is 1. The van der Waals surface area contributed by atoms with E-state index in [-0.39, 0.29) is 17.7 Å². The summed E-state index contributed by atoms with van der Waals surface area (Å²) in [5.41, 5.74) is 2.69. The zero-order valence-corrected chi connectivity index (χ0v) is 17.2. The lowest BCUT2D eigenvalue weighted by molar-refractivity contribution is -0.127. The van der Waals surface area contributed by atoms with E-state index in [2.05, 4.69) is 11.4 Å². The Bertz CT molecular complexity index is 938. The normalized spacial score (nSPS) is 21.4. The van der Waals surface area contributed by atoms with E-state index in [4.69, 9.17) is 4.74 Å². The van der Waals surface area contributed by atoms with E-state index in [0.29, 0.717) is 23.5 Å². The number of thiophene rings is 1. The number of carbonyl (C=O) groups is 3. The second kappa shape index (κ2) is 8.37. The predicted molar refractivity (Wildman–Crippen MR) is 111 cm³/mol. The summed E-state index contributed by atoms with van der Waals surface area (Å²) in [5, 5.41) is 5.33. The molecule has 0 spiro atoms. The number of amides is 2. The summed E-state index contributed by atoms with van der Waals surface area (Å²) in [6, 6.07) is 9.20. The lowest BCUT2D eigenvalue weighted by Crippen LogP contribution is -2.43. The van der Waals surface area contributed by atoms with Gasteiger partial charge in [0.25, 0.3) is 0 Å². The molecule has 2 aromatic rings. The third-order valence-electron chi connectivity index (χ3n) is 5.75. The van der Waals surface area contributed by atoms with Gasteiger partial charge in [0.1, 0.15) is 11.0 Å². The van der Waals surface area contributed by atoms with Gasteiger partial charge < -0.3 is 15.0 Å². The van der Waals surface area contributed by atoms with Crippen LogP contribution < -0.4 is 10.2 Å². The van der Waals surface area contributed by atoms with Crippen molar-refractivity contribution < 1.29 is 19.1 Å². The molecule has 1 aliphatic carbocycles. The first-order valence-corrected chi connectivity index (χ1v) is 10.8. The van der Waals surface area contributed by atoms with E-state index in [1.165, 1.54) is 24.0 Å². The number of hydrogen-bond donors (Lipinski definition) is 1. The fourth-order valence-corrected chi connectivity index (χ4v) is 5.18. The van der Waals surface area contributed by atoms with E-state index >= 15 is 0 Å². The average molecular weight is 413 g/mol. The highest BCUT2D eigenvalue weighted by Crippen LogP contribution is 2.33. The first-order chi connectivity index (χ1) is 14.1. The number of benzene rings is 1. The van der Waals surface area contributed by atoms with Crippen molar-refractivity contribution in [3.8, 4) is 0 Å². The first-order valence-electron chi connectivity index (χ1n) is 9.95. The zero-order chi connectivity index (χ0) is 20.4. The summed E-state index contributed by atoms with van der Waals surface area (Å²) in [4.78, 5) is 39.6. The Labute approximate surface area is 173 Å². The van der Waals surface area contributed by atoms with Crippen molar-refractivity contribution >= 4 is 34.1 Å². The molecule has 2 unspecified atom stereocenters. The number of methoxy groups -OCH3 is 1. The van der Waals surface area contributed by atoms with Gasteiger partial charge in [-0.15, -0.1) is 11.3 Å². The van der Waals surface area contributed by atoms with Crippen LogP contribution in [0.5, 0.6) is 0 Å². The molecule has 4 rings (SSSR count). The topological polar surface area (TPSA) is 75.7 Å². The van der Waals surface area contributed by atoms with Gasteiger partial charge in [-0.3, -0.25) is 9.59 Å². The number of rotatable bonds is 4. The summed E-state index contributed by atoms with van der Waals surface area (Å²) >= 11 is 1.33. The largest absolute Gasteiger partial charge is 0.465 e. The lowest BCUT2D eigenvalue weighted by atomic mass is 9.91. The zero-order valence-electron chi connectivity index (χ0n) is 16.3. The number of anilines is 1. The van der Waals surface area contributed by atoms with Gasteiger partial charge in [0.05, 0.1) is 18.6 Å². The van der Waals surface area contributed by atoms with Crippen LogP contribution in [0.4, 0.5) is 5.00 Å². The summed E-state index contributed by atoms with van der Waals surface area (Å²) in [7, 11) is 1.32. The molecule has 2 atom stereocenters. The highest BCUT2D eigenvalue weighted by molar-refractivity contribution is 7.14. The fraction of sp³-hybridized carbons (Fsp3) is 0.409. The Balaban J connectivity index is 1.49. The van der Waals surface area contributed by atoms with E-state index in [0.717, 1.165) is 31.2 Å². The smallest absolute Gasteiger partial charge is 0.340 e. The Morgan fingerprint density at radius 3 is 2.83 bits per heavy atom. The highest BCUT2D eigenvalue weighted by Gasteiger charge is 2.37. The van der Waals surface area contributed by atoms with Crippen LogP contribution in [0, 0.1) is 0 Å². The van der Waals surface area contributed by atoms with E-state index in [1.54, 1.807) is 16.3 Å². The van der Waals surface area contributed by atoms with Crippen molar-refractivity contribution in [2.75, 3.05) is 18.6 Å². The minimum Gasteiger partial charge on any atom is -0.465 e. The number of aryl methyl sites for hydroxylation is 1.